The van der Waals surface area contributed by atoms with E-state index in [9.17, 15) is 0 Å². The summed E-state index contributed by atoms with van der Waals surface area (Å²) >= 11 is 0. The molecule has 0 saturated carbocycles. The highest BCUT2D eigenvalue weighted by molar-refractivity contribution is 5.36. The van der Waals surface area contributed by atoms with Crippen molar-refractivity contribution in [2.45, 2.75) is 46.3 Å². The number of benzene rings is 1. The van der Waals surface area contributed by atoms with Crippen LogP contribution in [-0.4, -0.2) is 28.9 Å². The second-order valence-electron chi connectivity index (χ2n) is 7.88. The third-order valence-corrected chi connectivity index (χ3v) is 5.77. The summed E-state index contributed by atoms with van der Waals surface area (Å²) in [6, 6.07) is 15.8. The van der Waals surface area contributed by atoms with E-state index in [1.165, 1.54) is 42.0 Å². The van der Waals surface area contributed by atoms with Crippen molar-refractivity contribution in [1.29, 1.82) is 0 Å². The summed E-state index contributed by atoms with van der Waals surface area (Å²) in [7, 11) is 0. The number of aromatic nitrogens is 2. The number of hydrogen-bond donors (Lipinski definition) is 2. The minimum atomic E-state index is 0.709. The monoisotopic (exact) mass is 366 g/mol. The molecule has 27 heavy (non-hydrogen) atoms. The maximum absolute atomic E-state index is 5.26. The van der Waals surface area contributed by atoms with Crippen LogP contribution in [0.2, 0.25) is 0 Å². The van der Waals surface area contributed by atoms with Crippen LogP contribution in [0, 0.1) is 20.8 Å². The van der Waals surface area contributed by atoms with E-state index >= 15 is 0 Å². The van der Waals surface area contributed by atoms with Crippen LogP contribution in [0.5, 0.6) is 0 Å². The lowest BCUT2D eigenvalue weighted by atomic mass is 10.2. The van der Waals surface area contributed by atoms with E-state index in [0.29, 0.717) is 6.04 Å². The van der Waals surface area contributed by atoms with E-state index in [4.69, 9.17) is 4.52 Å². The summed E-state index contributed by atoms with van der Waals surface area (Å²) in [6.07, 6.45) is 1.30. The lowest BCUT2D eigenvalue weighted by Gasteiger charge is -2.13. The van der Waals surface area contributed by atoms with Crippen LogP contribution < -0.4 is 10.2 Å². The molecule has 3 N–H and O–H groups in total. The number of likely N-dealkylation sites (tertiary alicyclic amines) is 1. The number of quaternary nitrogens is 2. The fourth-order valence-corrected chi connectivity index (χ4v) is 4.35. The van der Waals surface area contributed by atoms with Crippen molar-refractivity contribution < 1.29 is 14.7 Å². The molecule has 1 aromatic carbocycles. The lowest BCUT2D eigenvalue weighted by molar-refractivity contribution is -0.911. The molecule has 2 aromatic heterocycles. The van der Waals surface area contributed by atoms with E-state index in [-0.39, 0.29) is 0 Å². The predicted molar refractivity (Wildman–Crippen MR) is 105 cm³/mol. The summed E-state index contributed by atoms with van der Waals surface area (Å²) in [5.41, 5.74) is 5.32. The highest BCUT2D eigenvalue weighted by Crippen LogP contribution is 2.20. The smallest absolute Gasteiger partial charge is 0.180 e. The maximum atomic E-state index is 5.26. The zero-order valence-corrected chi connectivity index (χ0v) is 16.5. The van der Waals surface area contributed by atoms with Gasteiger partial charge in [0.15, 0.2) is 5.82 Å². The molecule has 5 heteroatoms. The molecule has 0 bridgehead atoms. The van der Waals surface area contributed by atoms with Gasteiger partial charge in [-0.3, -0.25) is 4.57 Å². The second kappa shape index (κ2) is 7.71. The minimum absolute atomic E-state index is 0.709. The van der Waals surface area contributed by atoms with E-state index < -0.39 is 0 Å². The molecule has 3 aromatic rings. The van der Waals surface area contributed by atoms with Crippen LogP contribution in [0.1, 0.15) is 34.7 Å². The summed E-state index contributed by atoms with van der Waals surface area (Å²) in [5, 5.41) is 6.71. The molecule has 3 heterocycles. The Morgan fingerprint density at radius 3 is 2.74 bits per heavy atom. The zero-order chi connectivity index (χ0) is 18.8. The largest absolute Gasteiger partial charge is 0.360 e. The first kappa shape index (κ1) is 18.0. The van der Waals surface area contributed by atoms with Gasteiger partial charge in [-0.15, -0.1) is 0 Å². The van der Waals surface area contributed by atoms with Crippen molar-refractivity contribution in [3.8, 4) is 5.82 Å². The third kappa shape index (κ3) is 3.99. The Bertz CT molecular complexity index is 896. The van der Waals surface area contributed by atoms with Crippen LogP contribution in [0.3, 0.4) is 0 Å². The van der Waals surface area contributed by atoms with Gasteiger partial charge in [0, 0.05) is 28.6 Å². The molecular weight excluding hydrogens is 336 g/mol. The van der Waals surface area contributed by atoms with Gasteiger partial charge in [-0.2, -0.15) is 0 Å². The molecule has 0 aliphatic carbocycles. The molecule has 2 atom stereocenters. The Balaban J connectivity index is 1.36. The van der Waals surface area contributed by atoms with Gasteiger partial charge in [-0.25, -0.2) is 0 Å². The molecule has 1 aliphatic heterocycles. The Morgan fingerprint density at radius 1 is 1.19 bits per heavy atom. The average Bonchev–Trinajstić information content (AvgIpc) is 3.34. The number of nitrogens with one attached hydrogen (secondary N) is 1. The lowest BCUT2D eigenvalue weighted by Crippen LogP contribution is -3.10. The normalized spacial score (nSPS) is 19.7. The summed E-state index contributed by atoms with van der Waals surface area (Å²) in [6.45, 7) is 10.9. The molecular formula is C22H30N4O+2. The average molecular weight is 367 g/mol. The van der Waals surface area contributed by atoms with E-state index in [2.05, 4.69) is 65.3 Å². The molecule has 0 radical (unpaired) electrons. The highest BCUT2D eigenvalue weighted by Gasteiger charge is 2.29. The number of nitrogens with zero attached hydrogens (tertiary/aromatic N) is 2. The van der Waals surface area contributed by atoms with Crippen LogP contribution in [0.15, 0.2) is 47.0 Å². The number of nitrogens with two attached hydrogens (primary N) is 1. The Labute approximate surface area is 161 Å². The molecule has 142 valence electrons. The Morgan fingerprint density at radius 2 is 2.00 bits per heavy atom. The van der Waals surface area contributed by atoms with E-state index in [0.717, 1.165) is 24.7 Å². The zero-order valence-electron chi connectivity index (χ0n) is 16.5. The number of rotatable bonds is 6. The SMILES string of the molecule is Cc1cc(-n2c(C)cc(C[NH2+][C@@H]3CC[NH+](Cc4ccccc4)C3)c2C)no1. The van der Waals surface area contributed by atoms with Crippen molar-refractivity contribution in [3.05, 3.63) is 70.7 Å². The highest BCUT2D eigenvalue weighted by atomic mass is 16.5. The minimum Gasteiger partial charge on any atom is -0.360 e. The van der Waals surface area contributed by atoms with Gasteiger partial charge in [-0.05, 0) is 26.8 Å². The molecule has 4 rings (SSSR count). The summed E-state index contributed by atoms with van der Waals surface area (Å²) < 4.78 is 7.45. The maximum Gasteiger partial charge on any atom is 0.180 e. The van der Waals surface area contributed by atoms with Gasteiger partial charge >= 0.3 is 0 Å². The van der Waals surface area contributed by atoms with Crippen molar-refractivity contribution in [1.82, 2.24) is 9.72 Å². The van der Waals surface area contributed by atoms with Gasteiger partial charge < -0.3 is 14.7 Å². The topological polar surface area (TPSA) is 52.0 Å². The van der Waals surface area contributed by atoms with Gasteiger partial charge in [0.05, 0.1) is 13.0 Å². The van der Waals surface area contributed by atoms with Crippen LogP contribution in [0.25, 0.3) is 5.82 Å². The first-order valence-electron chi connectivity index (χ1n) is 9.92. The first-order chi connectivity index (χ1) is 13.1. The Hall–Kier alpha value is -2.37. The van der Waals surface area contributed by atoms with Crippen molar-refractivity contribution in [2.75, 3.05) is 13.1 Å². The van der Waals surface area contributed by atoms with E-state index in [1.54, 1.807) is 4.90 Å². The summed E-state index contributed by atoms with van der Waals surface area (Å²) in [4.78, 5) is 1.70. The van der Waals surface area contributed by atoms with Crippen molar-refractivity contribution in [2.24, 2.45) is 0 Å². The van der Waals surface area contributed by atoms with Gasteiger partial charge in [0.2, 0.25) is 0 Å². The standard InChI is InChI=1S/C22H28N4O/c1-16-11-20(18(3)26(16)22-12-17(2)27-24-22)13-23-21-9-10-25(15-21)14-19-7-5-4-6-8-19/h4-8,11-12,21,23H,9-10,13-15H2,1-3H3/p+2/t21-/m1/s1. The van der Waals surface area contributed by atoms with Crippen LogP contribution >= 0.6 is 0 Å². The molecule has 1 fully saturated rings. The van der Waals surface area contributed by atoms with E-state index in [1.807, 2.05) is 13.0 Å². The van der Waals surface area contributed by atoms with Crippen LogP contribution in [-0.2, 0) is 13.1 Å². The van der Waals surface area contributed by atoms with Crippen molar-refractivity contribution in [3.63, 3.8) is 0 Å². The fraction of sp³-hybridized carbons (Fsp3) is 0.409. The molecule has 0 spiro atoms. The number of aryl methyl sites for hydroxylation is 2. The molecule has 1 aliphatic rings. The van der Waals surface area contributed by atoms with Gasteiger partial charge in [0.1, 0.15) is 31.4 Å². The third-order valence-electron chi connectivity index (χ3n) is 5.77. The van der Waals surface area contributed by atoms with Crippen LogP contribution in [0.4, 0.5) is 0 Å². The molecule has 1 saturated heterocycles. The predicted octanol–water partition coefficient (Wildman–Crippen LogP) is 1.31. The van der Waals surface area contributed by atoms with Crippen molar-refractivity contribution >= 4 is 0 Å². The molecule has 0 amide bonds. The molecule has 5 nitrogen and oxygen atoms in total. The number of hydrogen-bond acceptors (Lipinski definition) is 2. The first-order valence-corrected chi connectivity index (χ1v) is 9.92. The molecule has 1 unspecified atom stereocenters. The Kier molecular flexibility index (Phi) is 5.14. The summed E-state index contributed by atoms with van der Waals surface area (Å²) in [5.74, 6) is 1.73. The fourth-order valence-electron chi connectivity index (χ4n) is 4.35. The van der Waals surface area contributed by atoms with Gasteiger partial charge in [0.25, 0.3) is 0 Å². The van der Waals surface area contributed by atoms with Gasteiger partial charge in [-0.1, -0.05) is 35.5 Å². The quantitative estimate of drug-likeness (QED) is 0.691. The second-order valence-corrected chi connectivity index (χ2v) is 7.88.